The fourth-order valence-corrected chi connectivity index (χ4v) is 2.58. The van der Waals surface area contributed by atoms with Gasteiger partial charge in [0.25, 0.3) is 0 Å². The summed E-state index contributed by atoms with van der Waals surface area (Å²) in [6.45, 7) is 2.62. The first-order valence-corrected chi connectivity index (χ1v) is 7.11. The maximum Gasteiger partial charge on any atom is 0.134 e. The van der Waals surface area contributed by atoms with Crippen LogP contribution in [0.3, 0.4) is 0 Å². The van der Waals surface area contributed by atoms with Gasteiger partial charge in [0.15, 0.2) is 0 Å². The van der Waals surface area contributed by atoms with Crippen LogP contribution in [0.2, 0.25) is 5.02 Å². The molecule has 3 rings (SSSR count). The monoisotopic (exact) mass is 301 g/mol. The molecule has 2 aromatic carbocycles. The average molecular weight is 302 g/mol. The van der Waals surface area contributed by atoms with Crippen molar-refractivity contribution in [3.63, 3.8) is 0 Å². The number of ether oxygens (including phenoxy) is 1. The number of hydrogen-bond donors (Lipinski definition) is 1. The number of anilines is 1. The summed E-state index contributed by atoms with van der Waals surface area (Å²) in [4.78, 5) is 0. The number of benzene rings is 2. The van der Waals surface area contributed by atoms with E-state index >= 15 is 0 Å². The van der Waals surface area contributed by atoms with Crippen LogP contribution in [0, 0.1) is 6.92 Å². The minimum atomic E-state index is 0.649. The summed E-state index contributed by atoms with van der Waals surface area (Å²) < 4.78 is 11.0. The standard InChI is InChI=1S/C17H16ClNO2/c1-11-14(13-5-3-4-6-17(13)21-11)10-19-16-9-12(20-2)7-8-15(16)18/h3-9,19H,10H2,1-2H3. The number of nitrogens with one attached hydrogen (secondary N) is 1. The fourth-order valence-electron chi connectivity index (χ4n) is 2.39. The summed E-state index contributed by atoms with van der Waals surface area (Å²) in [6, 6.07) is 13.6. The van der Waals surface area contributed by atoms with Gasteiger partial charge in [0.05, 0.1) is 17.8 Å². The van der Waals surface area contributed by atoms with Crippen molar-refractivity contribution in [2.45, 2.75) is 13.5 Å². The van der Waals surface area contributed by atoms with Gasteiger partial charge in [0, 0.05) is 23.6 Å². The van der Waals surface area contributed by atoms with E-state index in [0.29, 0.717) is 11.6 Å². The first-order chi connectivity index (χ1) is 10.2. The van der Waals surface area contributed by atoms with Crippen molar-refractivity contribution in [2.24, 2.45) is 0 Å². The Labute approximate surface area is 128 Å². The third-order valence-electron chi connectivity index (χ3n) is 3.53. The number of aryl methyl sites for hydroxylation is 1. The molecule has 0 aliphatic carbocycles. The largest absolute Gasteiger partial charge is 0.497 e. The second-order valence-corrected chi connectivity index (χ2v) is 5.24. The lowest BCUT2D eigenvalue weighted by atomic mass is 10.1. The van der Waals surface area contributed by atoms with Crippen LogP contribution in [-0.4, -0.2) is 7.11 Å². The van der Waals surface area contributed by atoms with E-state index in [4.69, 9.17) is 20.8 Å². The van der Waals surface area contributed by atoms with Crippen LogP contribution in [0.5, 0.6) is 5.75 Å². The lowest BCUT2D eigenvalue weighted by Gasteiger charge is -2.10. The predicted molar refractivity (Wildman–Crippen MR) is 86.3 cm³/mol. The molecule has 0 unspecified atom stereocenters. The van der Waals surface area contributed by atoms with E-state index in [-0.39, 0.29) is 0 Å². The molecule has 3 nitrogen and oxygen atoms in total. The van der Waals surface area contributed by atoms with Crippen molar-refractivity contribution >= 4 is 28.3 Å². The van der Waals surface area contributed by atoms with Gasteiger partial charge in [-0.15, -0.1) is 0 Å². The number of fused-ring (bicyclic) bond motifs is 1. The van der Waals surface area contributed by atoms with Crippen LogP contribution in [0.4, 0.5) is 5.69 Å². The van der Waals surface area contributed by atoms with E-state index in [9.17, 15) is 0 Å². The SMILES string of the molecule is COc1ccc(Cl)c(NCc2c(C)oc3ccccc23)c1. The fraction of sp³-hybridized carbons (Fsp3) is 0.176. The third kappa shape index (κ3) is 2.69. The van der Waals surface area contributed by atoms with Crippen molar-refractivity contribution in [1.29, 1.82) is 0 Å². The molecular weight excluding hydrogens is 286 g/mol. The predicted octanol–water partition coefficient (Wildman–Crippen LogP) is 5.02. The highest BCUT2D eigenvalue weighted by molar-refractivity contribution is 6.33. The zero-order valence-corrected chi connectivity index (χ0v) is 12.7. The van der Waals surface area contributed by atoms with Gasteiger partial charge in [-0.1, -0.05) is 29.8 Å². The van der Waals surface area contributed by atoms with Crippen molar-refractivity contribution in [2.75, 3.05) is 12.4 Å². The van der Waals surface area contributed by atoms with Crippen LogP contribution < -0.4 is 10.1 Å². The molecule has 0 saturated heterocycles. The Bertz CT molecular complexity index is 780. The molecule has 0 bridgehead atoms. The maximum atomic E-state index is 6.21. The van der Waals surface area contributed by atoms with E-state index in [1.807, 2.05) is 43.3 Å². The summed E-state index contributed by atoms with van der Waals surface area (Å²) in [5.74, 6) is 1.69. The molecule has 0 fully saturated rings. The highest BCUT2D eigenvalue weighted by Gasteiger charge is 2.11. The molecule has 0 radical (unpaired) electrons. The van der Waals surface area contributed by atoms with E-state index in [2.05, 4.69) is 11.4 Å². The molecule has 4 heteroatoms. The molecule has 0 atom stereocenters. The number of rotatable bonds is 4. The first kappa shape index (κ1) is 13.8. The molecule has 0 amide bonds. The van der Waals surface area contributed by atoms with E-state index in [1.165, 1.54) is 0 Å². The van der Waals surface area contributed by atoms with Crippen molar-refractivity contribution < 1.29 is 9.15 Å². The van der Waals surface area contributed by atoms with Gasteiger partial charge >= 0.3 is 0 Å². The Kier molecular flexibility index (Phi) is 3.76. The normalized spacial score (nSPS) is 10.8. The van der Waals surface area contributed by atoms with Gasteiger partial charge in [-0.05, 0) is 25.1 Å². The van der Waals surface area contributed by atoms with Crippen molar-refractivity contribution in [3.05, 3.63) is 58.8 Å². The Morgan fingerprint density at radius 1 is 1.19 bits per heavy atom. The zero-order valence-electron chi connectivity index (χ0n) is 11.9. The summed E-state index contributed by atoms with van der Waals surface area (Å²) in [6.07, 6.45) is 0. The first-order valence-electron chi connectivity index (χ1n) is 6.73. The zero-order chi connectivity index (χ0) is 14.8. The van der Waals surface area contributed by atoms with Crippen LogP contribution in [0.25, 0.3) is 11.0 Å². The number of hydrogen-bond acceptors (Lipinski definition) is 3. The molecule has 1 aromatic heterocycles. The summed E-state index contributed by atoms with van der Waals surface area (Å²) in [7, 11) is 1.64. The highest BCUT2D eigenvalue weighted by atomic mass is 35.5. The molecule has 0 aliphatic heterocycles. The molecule has 1 N–H and O–H groups in total. The van der Waals surface area contributed by atoms with Crippen LogP contribution in [-0.2, 0) is 6.54 Å². The number of halogens is 1. The molecular formula is C17H16ClNO2. The van der Waals surface area contributed by atoms with E-state index in [1.54, 1.807) is 7.11 Å². The molecule has 1 heterocycles. The van der Waals surface area contributed by atoms with Gasteiger partial charge in [-0.3, -0.25) is 0 Å². The van der Waals surface area contributed by atoms with Crippen LogP contribution in [0.15, 0.2) is 46.9 Å². The summed E-state index contributed by atoms with van der Waals surface area (Å²) >= 11 is 6.21. The molecule has 108 valence electrons. The van der Waals surface area contributed by atoms with Gasteiger partial charge in [-0.25, -0.2) is 0 Å². The summed E-state index contributed by atoms with van der Waals surface area (Å²) in [5, 5.41) is 5.15. The Morgan fingerprint density at radius 2 is 2.00 bits per heavy atom. The second-order valence-electron chi connectivity index (χ2n) is 4.83. The van der Waals surface area contributed by atoms with E-state index in [0.717, 1.165) is 33.7 Å². The third-order valence-corrected chi connectivity index (χ3v) is 3.86. The highest BCUT2D eigenvalue weighted by Crippen LogP contribution is 2.29. The smallest absolute Gasteiger partial charge is 0.134 e. The van der Waals surface area contributed by atoms with Crippen molar-refractivity contribution in [3.8, 4) is 5.75 Å². The van der Waals surface area contributed by atoms with Gasteiger partial charge < -0.3 is 14.5 Å². The van der Waals surface area contributed by atoms with Gasteiger partial charge in [0.1, 0.15) is 17.1 Å². The molecule has 0 saturated carbocycles. The lowest BCUT2D eigenvalue weighted by molar-refractivity contribution is 0.415. The molecule has 21 heavy (non-hydrogen) atoms. The van der Waals surface area contributed by atoms with E-state index < -0.39 is 0 Å². The molecule has 0 spiro atoms. The average Bonchev–Trinajstić information content (AvgIpc) is 2.82. The Hall–Kier alpha value is -2.13. The molecule has 3 aromatic rings. The van der Waals surface area contributed by atoms with Gasteiger partial charge in [-0.2, -0.15) is 0 Å². The Balaban J connectivity index is 1.88. The van der Waals surface area contributed by atoms with Crippen LogP contribution in [0.1, 0.15) is 11.3 Å². The van der Waals surface area contributed by atoms with Gasteiger partial charge in [0.2, 0.25) is 0 Å². The maximum absolute atomic E-state index is 6.21. The quantitative estimate of drug-likeness (QED) is 0.735. The minimum absolute atomic E-state index is 0.649. The van der Waals surface area contributed by atoms with Crippen LogP contribution >= 0.6 is 11.6 Å². The number of furan rings is 1. The molecule has 0 aliphatic rings. The lowest BCUT2D eigenvalue weighted by Crippen LogP contribution is -2.01. The Morgan fingerprint density at radius 3 is 2.81 bits per heavy atom. The number of para-hydroxylation sites is 1. The second kappa shape index (κ2) is 5.70. The minimum Gasteiger partial charge on any atom is -0.497 e. The van der Waals surface area contributed by atoms with Crippen molar-refractivity contribution in [1.82, 2.24) is 0 Å². The topological polar surface area (TPSA) is 34.4 Å². The summed E-state index contributed by atoms with van der Waals surface area (Å²) in [5.41, 5.74) is 2.90. The number of methoxy groups -OCH3 is 1.